The van der Waals surface area contributed by atoms with E-state index in [2.05, 4.69) is 36.4 Å². The minimum absolute atomic E-state index is 0.0703. The minimum atomic E-state index is -0.475. The van der Waals surface area contributed by atoms with Crippen LogP contribution in [-0.2, 0) is 4.79 Å². The highest BCUT2D eigenvalue weighted by Crippen LogP contribution is 2.26. The van der Waals surface area contributed by atoms with Gasteiger partial charge in [-0.05, 0) is 44.0 Å². The normalized spacial score (nSPS) is 13.0. The molecule has 5 heteroatoms. The van der Waals surface area contributed by atoms with Gasteiger partial charge in [-0.25, -0.2) is 4.98 Å². The molecule has 0 aromatic carbocycles. The molecule has 1 rings (SSSR count). The molecule has 1 aromatic heterocycles. The summed E-state index contributed by atoms with van der Waals surface area (Å²) in [5, 5.41) is 6.22. The Labute approximate surface area is 146 Å². The fourth-order valence-electron chi connectivity index (χ4n) is 2.24. The smallest absolute Gasteiger partial charge is 0.231 e. The molecule has 0 saturated carbocycles. The molecule has 24 heavy (non-hydrogen) atoms. The summed E-state index contributed by atoms with van der Waals surface area (Å²) in [6.45, 7) is 14.0. The van der Waals surface area contributed by atoms with Gasteiger partial charge in [-0.1, -0.05) is 41.5 Å². The number of hydrogen-bond donors (Lipinski definition) is 2. The molecule has 5 nitrogen and oxygen atoms in total. The first-order valence-electron chi connectivity index (χ1n) is 8.87. The van der Waals surface area contributed by atoms with Crippen LogP contribution in [0, 0.1) is 11.3 Å². The lowest BCUT2D eigenvalue weighted by atomic mass is 9.96. The lowest BCUT2D eigenvalue weighted by Gasteiger charge is -2.23. The summed E-state index contributed by atoms with van der Waals surface area (Å²) in [5.41, 5.74) is -0.475. The Balaban J connectivity index is 2.84. The van der Waals surface area contributed by atoms with Gasteiger partial charge in [0.05, 0.1) is 0 Å². The molecule has 0 aliphatic carbocycles. The summed E-state index contributed by atoms with van der Waals surface area (Å²) < 4.78 is 6.20. The van der Waals surface area contributed by atoms with E-state index in [-0.39, 0.29) is 12.0 Å². The Hall–Kier alpha value is -1.62. The van der Waals surface area contributed by atoms with Gasteiger partial charge in [0.2, 0.25) is 5.91 Å². The minimum Gasteiger partial charge on any atom is -0.486 e. The third kappa shape index (κ3) is 7.30. The molecule has 0 spiro atoms. The molecule has 1 amide bonds. The molecule has 0 bridgehead atoms. The van der Waals surface area contributed by atoms with Crippen molar-refractivity contribution in [1.29, 1.82) is 0 Å². The number of carbonyl (C=O) groups is 1. The molecule has 1 aromatic rings. The van der Waals surface area contributed by atoms with Crippen LogP contribution in [0.25, 0.3) is 0 Å². The van der Waals surface area contributed by atoms with Crippen LogP contribution in [0.3, 0.4) is 0 Å². The van der Waals surface area contributed by atoms with Gasteiger partial charge < -0.3 is 15.4 Å². The van der Waals surface area contributed by atoms with Crippen molar-refractivity contribution in [1.82, 2.24) is 10.3 Å². The van der Waals surface area contributed by atoms with Crippen LogP contribution in [0.15, 0.2) is 18.3 Å². The van der Waals surface area contributed by atoms with Crippen molar-refractivity contribution in [3.63, 3.8) is 0 Å². The number of nitrogens with zero attached hydrogens (tertiary/aromatic N) is 1. The molecule has 136 valence electrons. The first-order valence-corrected chi connectivity index (χ1v) is 8.87. The molecule has 2 N–H and O–H groups in total. The van der Waals surface area contributed by atoms with Gasteiger partial charge in [0, 0.05) is 11.6 Å². The number of ether oxygens (including phenoxy) is 1. The standard InChI is InChI=1S/C19H33N3O2/c1-7-20-12-10-15(13-14(2)3)24-16-9-8-11-21-17(16)22-18(23)19(4,5)6/h8-9,11,14-15,20H,7,10,12-13H2,1-6H3,(H,21,22,23). The van der Waals surface area contributed by atoms with E-state index >= 15 is 0 Å². The number of aromatic nitrogens is 1. The summed E-state index contributed by atoms with van der Waals surface area (Å²) in [6.07, 6.45) is 3.65. The quantitative estimate of drug-likeness (QED) is 0.673. The van der Waals surface area contributed by atoms with Crippen LogP contribution in [0.4, 0.5) is 5.82 Å². The van der Waals surface area contributed by atoms with E-state index in [4.69, 9.17) is 4.74 Å². The monoisotopic (exact) mass is 335 g/mol. The third-order valence-corrected chi connectivity index (χ3v) is 3.60. The Kier molecular flexibility index (Phi) is 8.19. The second-order valence-corrected chi connectivity index (χ2v) is 7.57. The summed E-state index contributed by atoms with van der Waals surface area (Å²) in [5.74, 6) is 1.60. The number of carbonyl (C=O) groups excluding carboxylic acids is 1. The van der Waals surface area contributed by atoms with Crippen molar-refractivity contribution >= 4 is 11.7 Å². The molecule has 0 saturated heterocycles. The van der Waals surface area contributed by atoms with E-state index in [1.807, 2.05) is 32.9 Å². The van der Waals surface area contributed by atoms with Crippen molar-refractivity contribution in [2.24, 2.45) is 11.3 Å². The van der Waals surface area contributed by atoms with Crippen LogP contribution in [0.1, 0.15) is 54.4 Å². The van der Waals surface area contributed by atoms with Crippen molar-refractivity contribution in [2.45, 2.75) is 60.5 Å². The van der Waals surface area contributed by atoms with E-state index in [0.29, 0.717) is 17.5 Å². The van der Waals surface area contributed by atoms with Gasteiger partial charge in [-0.2, -0.15) is 0 Å². The van der Waals surface area contributed by atoms with E-state index in [1.54, 1.807) is 6.20 Å². The van der Waals surface area contributed by atoms with Gasteiger partial charge in [-0.15, -0.1) is 0 Å². The second-order valence-electron chi connectivity index (χ2n) is 7.57. The first kappa shape index (κ1) is 20.4. The van der Waals surface area contributed by atoms with Crippen LogP contribution >= 0.6 is 0 Å². The molecule has 0 fully saturated rings. The highest BCUT2D eigenvalue weighted by Gasteiger charge is 2.23. The molecule has 1 atom stereocenters. The van der Waals surface area contributed by atoms with Crippen molar-refractivity contribution in [3.8, 4) is 5.75 Å². The van der Waals surface area contributed by atoms with Crippen LogP contribution < -0.4 is 15.4 Å². The van der Waals surface area contributed by atoms with Gasteiger partial charge in [0.15, 0.2) is 11.6 Å². The summed E-state index contributed by atoms with van der Waals surface area (Å²) in [6, 6.07) is 3.70. The highest BCUT2D eigenvalue weighted by atomic mass is 16.5. The van der Waals surface area contributed by atoms with Crippen LogP contribution in [0.5, 0.6) is 5.75 Å². The van der Waals surface area contributed by atoms with E-state index in [1.165, 1.54) is 0 Å². The first-order chi connectivity index (χ1) is 11.2. The van der Waals surface area contributed by atoms with Crippen LogP contribution in [0.2, 0.25) is 0 Å². The fraction of sp³-hybridized carbons (Fsp3) is 0.684. The largest absolute Gasteiger partial charge is 0.486 e. The number of pyridine rings is 1. The lowest BCUT2D eigenvalue weighted by Crippen LogP contribution is -2.29. The maximum atomic E-state index is 12.2. The zero-order valence-electron chi connectivity index (χ0n) is 16.0. The Morgan fingerprint density at radius 1 is 1.33 bits per heavy atom. The Morgan fingerprint density at radius 3 is 2.62 bits per heavy atom. The third-order valence-electron chi connectivity index (χ3n) is 3.60. The van der Waals surface area contributed by atoms with E-state index in [9.17, 15) is 4.79 Å². The fourth-order valence-corrected chi connectivity index (χ4v) is 2.24. The van der Waals surface area contributed by atoms with E-state index < -0.39 is 5.41 Å². The Morgan fingerprint density at radius 2 is 2.04 bits per heavy atom. The summed E-state index contributed by atoms with van der Waals surface area (Å²) in [7, 11) is 0. The number of nitrogens with one attached hydrogen (secondary N) is 2. The molecule has 1 unspecified atom stereocenters. The zero-order chi connectivity index (χ0) is 18.2. The van der Waals surface area contributed by atoms with Crippen molar-refractivity contribution in [3.05, 3.63) is 18.3 Å². The predicted molar refractivity (Wildman–Crippen MR) is 99.4 cm³/mol. The molecule has 0 aliphatic rings. The number of hydrogen-bond acceptors (Lipinski definition) is 4. The number of amides is 1. The second kappa shape index (κ2) is 9.62. The predicted octanol–water partition coefficient (Wildman–Crippen LogP) is 3.86. The molecule has 1 heterocycles. The number of anilines is 1. The van der Waals surface area contributed by atoms with Gasteiger partial charge in [0.1, 0.15) is 6.10 Å². The van der Waals surface area contributed by atoms with Gasteiger partial charge in [-0.3, -0.25) is 4.79 Å². The molecule has 0 radical (unpaired) electrons. The Bertz CT molecular complexity index is 510. The van der Waals surface area contributed by atoms with E-state index in [0.717, 1.165) is 25.9 Å². The maximum Gasteiger partial charge on any atom is 0.231 e. The summed E-state index contributed by atoms with van der Waals surface area (Å²) >= 11 is 0. The maximum absolute atomic E-state index is 12.2. The van der Waals surface area contributed by atoms with Gasteiger partial charge in [0.25, 0.3) is 0 Å². The van der Waals surface area contributed by atoms with Gasteiger partial charge >= 0.3 is 0 Å². The zero-order valence-corrected chi connectivity index (χ0v) is 16.0. The van der Waals surface area contributed by atoms with Crippen molar-refractivity contribution < 1.29 is 9.53 Å². The average molecular weight is 335 g/mol. The highest BCUT2D eigenvalue weighted by molar-refractivity contribution is 5.94. The molecular weight excluding hydrogens is 302 g/mol. The number of rotatable bonds is 9. The molecular formula is C19H33N3O2. The van der Waals surface area contributed by atoms with Crippen molar-refractivity contribution in [2.75, 3.05) is 18.4 Å². The summed E-state index contributed by atoms with van der Waals surface area (Å²) in [4.78, 5) is 16.5. The SMILES string of the molecule is CCNCCC(CC(C)C)Oc1cccnc1NC(=O)C(C)(C)C. The average Bonchev–Trinajstić information content (AvgIpc) is 2.47. The molecule has 0 aliphatic heterocycles. The van der Waals surface area contributed by atoms with Crippen LogP contribution in [-0.4, -0.2) is 30.1 Å². The topological polar surface area (TPSA) is 63.2 Å². The lowest BCUT2D eigenvalue weighted by molar-refractivity contribution is -0.123.